The van der Waals surface area contributed by atoms with Crippen LogP contribution in [0.25, 0.3) is 0 Å². The van der Waals surface area contributed by atoms with E-state index in [1.54, 1.807) is 18.2 Å². The number of esters is 1. The van der Waals surface area contributed by atoms with Crippen molar-refractivity contribution in [2.45, 2.75) is 6.54 Å². The van der Waals surface area contributed by atoms with Crippen molar-refractivity contribution in [3.05, 3.63) is 29.3 Å². The van der Waals surface area contributed by atoms with Crippen LogP contribution in [0.5, 0.6) is 5.75 Å². The van der Waals surface area contributed by atoms with Crippen molar-refractivity contribution in [1.82, 2.24) is 5.43 Å². The number of halogens is 2. The fraction of sp³-hybridized carbons (Fsp3) is 0.300. The number of nitrogens with two attached hydrogens (primary N) is 1. The molecule has 0 aliphatic rings. The molecule has 1 rings (SSSR count). The zero-order chi connectivity index (χ0) is 11.3. The summed E-state index contributed by atoms with van der Waals surface area (Å²) in [5, 5.41) is 0. The first-order chi connectivity index (χ1) is 7.22. The molecule has 0 atom stereocenters. The lowest BCUT2D eigenvalue weighted by Crippen LogP contribution is -2.21. The summed E-state index contributed by atoms with van der Waals surface area (Å²) in [7, 11) is 2.88. The lowest BCUT2D eigenvalue weighted by Gasteiger charge is -2.09. The second-order valence-electron chi connectivity index (χ2n) is 2.90. The molecule has 0 aromatic heterocycles. The Bertz CT molecular complexity index is 361. The average molecular weight is 283 g/mol. The third-order valence-corrected chi connectivity index (χ3v) is 2.00. The molecule has 0 radical (unpaired) electrons. The molecule has 17 heavy (non-hydrogen) atoms. The maximum Gasteiger partial charge on any atom is 0.337 e. The molecule has 0 aliphatic carbocycles. The predicted molar refractivity (Wildman–Crippen MR) is 69.9 cm³/mol. The molecule has 0 bridgehead atoms. The van der Waals surface area contributed by atoms with Gasteiger partial charge in [0.15, 0.2) is 0 Å². The fourth-order valence-corrected chi connectivity index (χ4v) is 1.25. The molecular weight excluding hydrogens is 267 g/mol. The molecule has 98 valence electrons. The van der Waals surface area contributed by atoms with E-state index in [1.807, 2.05) is 0 Å². The van der Waals surface area contributed by atoms with Gasteiger partial charge in [-0.15, -0.1) is 24.8 Å². The molecule has 0 spiro atoms. The first-order valence-corrected chi connectivity index (χ1v) is 4.41. The first-order valence-electron chi connectivity index (χ1n) is 4.41. The van der Waals surface area contributed by atoms with Crippen LogP contribution in [0.2, 0.25) is 0 Å². The van der Waals surface area contributed by atoms with Crippen LogP contribution in [0, 0.1) is 0 Å². The highest BCUT2D eigenvalue weighted by Crippen LogP contribution is 2.20. The van der Waals surface area contributed by atoms with Crippen molar-refractivity contribution in [1.29, 1.82) is 0 Å². The van der Waals surface area contributed by atoms with Crippen molar-refractivity contribution >= 4 is 30.8 Å². The second-order valence-corrected chi connectivity index (χ2v) is 2.90. The van der Waals surface area contributed by atoms with Gasteiger partial charge in [0.25, 0.3) is 0 Å². The van der Waals surface area contributed by atoms with Crippen LogP contribution in [-0.4, -0.2) is 20.2 Å². The number of nitrogens with one attached hydrogen (secondary N) is 1. The minimum absolute atomic E-state index is 0. The van der Waals surface area contributed by atoms with Crippen LogP contribution in [-0.2, 0) is 11.3 Å². The van der Waals surface area contributed by atoms with Gasteiger partial charge in [0.2, 0.25) is 0 Å². The van der Waals surface area contributed by atoms with Gasteiger partial charge in [-0.25, -0.2) is 4.79 Å². The van der Waals surface area contributed by atoms with Gasteiger partial charge in [-0.1, -0.05) is 6.07 Å². The monoisotopic (exact) mass is 282 g/mol. The summed E-state index contributed by atoms with van der Waals surface area (Å²) in [6.45, 7) is 0.477. The van der Waals surface area contributed by atoms with Gasteiger partial charge in [-0.2, -0.15) is 0 Å². The number of hydrogen-bond donors (Lipinski definition) is 2. The highest BCUT2D eigenvalue weighted by molar-refractivity contribution is 5.89. The highest BCUT2D eigenvalue weighted by atomic mass is 35.5. The summed E-state index contributed by atoms with van der Waals surface area (Å²) in [4.78, 5) is 11.2. The van der Waals surface area contributed by atoms with E-state index in [-0.39, 0.29) is 30.8 Å². The molecular formula is C10H16Cl2N2O3. The molecule has 0 fully saturated rings. The number of hydrogen-bond acceptors (Lipinski definition) is 5. The third-order valence-electron chi connectivity index (χ3n) is 2.00. The van der Waals surface area contributed by atoms with E-state index in [2.05, 4.69) is 10.2 Å². The number of methoxy groups -OCH3 is 2. The molecule has 0 saturated carbocycles. The lowest BCUT2D eigenvalue weighted by molar-refractivity contribution is 0.0600. The Kier molecular flexibility index (Phi) is 9.79. The Morgan fingerprint density at radius 2 is 2.00 bits per heavy atom. The van der Waals surface area contributed by atoms with Gasteiger partial charge in [0.05, 0.1) is 19.8 Å². The maximum atomic E-state index is 11.2. The molecule has 0 heterocycles. The predicted octanol–water partition coefficient (Wildman–Crippen LogP) is 1.29. The molecule has 0 unspecified atom stereocenters. The first kappa shape index (κ1) is 18.4. The fourth-order valence-electron chi connectivity index (χ4n) is 1.25. The normalized spacial score (nSPS) is 8.65. The quantitative estimate of drug-likeness (QED) is 0.495. The summed E-state index contributed by atoms with van der Waals surface area (Å²) in [6.07, 6.45) is 0. The Balaban J connectivity index is 0. The summed E-state index contributed by atoms with van der Waals surface area (Å²) >= 11 is 0. The Morgan fingerprint density at radius 3 is 2.47 bits per heavy atom. The van der Waals surface area contributed by atoms with Gasteiger partial charge in [0, 0.05) is 12.1 Å². The van der Waals surface area contributed by atoms with Crippen LogP contribution >= 0.6 is 24.8 Å². The summed E-state index contributed by atoms with van der Waals surface area (Å²) in [5.41, 5.74) is 3.86. The number of carbonyl (C=O) groups is 1. The number of hydrazine groups is 1. The summed E-state index contributed by atoms with van der Waals surface area (Å²) in [6, 6.07) is 5.06. The zero-order valence-electron chi connectivity index (χ0n) is 9.56. The van der Waals surface area contributed by atoms with E-state index in [9.17, 15) is 4.79 Å². The van der Waals surface area contributed by atoms with Crippen molar-refractivity contribution in [3.8, 4) is 5.75 Å². The number of benzene rings is 1. The Labute approximate surface area is 112 Å². The van der Waals surface area contributed by atoms with E-state index >= 15 is 0 Å². The molecule has 5 nitrogen and oxygen atoms in total. The van der Waals surface area contributed by atoms with Crippen molar-refractivity contribution in [3.63, 3.8) is 0 Å². The smallest absolute Gasteiger partial charge is 0.337 e. The van der Waals surface area contributed by atoms with Crippen LogP contribution in [0.1, 0.15) is 15.9 Å². The zero-order valence-corrected chi connectivity index (χ0v) is 11.2. The lowest BCUT2D eigenvalue weighted by atomic mass is 10.1. The van der Waals surface area contributed by atoms with Crippen LogP contribution in [0.15, 0.2) is 18.2 Å². The molecule has 0 amide bonds. The molecule has 7 heteroatoms. The molecule has 0 aliphatic heterocycles. The van der Waals surface area contributed by atoms with Crippen LogP contribution < -0.4 is 16.0 Å². The van der Waals surface area contributed by atoms with E-state index < -0.39 is 0 Å². The van der Waals surface area contributed by atoms with Gasteiger partial charge >= 0.3 is 5.97 Å². The van der Waals surface area contributed by atoms with Crippen molar-refractivity contribution in [2.24, 2.45) is 5.84 Å². The van der Waals surface area contributed by atoms with Gasteiger partial charge in [-0.05, 0) is 12.1 Å². The van der Waals surface area contributed by atoms with Crippen molar-refractivity contribution < 1.29 is 14.3 Å². The molecule has 1 aromatic carbocycles. The van der Waals surface area contributed by atoms with E-state index in [0.29, 0.717) is 17.9 Å². The number of rotatable bonds is 4. The van der Waals surface area contributed by atoms with Crippen molar-refractivity contribution in [2.75, 3.05) is 14.2 Å². The third kappa shape index (κ3) is 4.79. The minimum atomic E-state index is -0.388. The summed E-state index contributed by atoms with van der Waals surface area (Å²) < 4.78 is 9.73. The van der Waals surface area contributed by atoms with E-state index in [1.165, 1.54) is 14.2 Å². The van der Waals surface area contributed by atoms with E-state index in [4.69, 9.17) is 10.6 Å². The Morgan fingerprint density at radius 1 is 1.35 bits per heavy atom. The average Bonchev–Trinajstić information content (AvgIpc) is 2.29. The van der Waals surface area contributed by atoms with Crippen LogP contribution in [0.4, 0.5) is 0 Å². The SMILES string of the molecule is COC(=O)c1ccc(CNN)c(OC)c1.Cl.Cl. The Hall–Kier alpha value is -1.01. The largest absolute Gasteiger partial charge is 0.496 e. The number of ether oxygens (including phenoxy) is 2. The molecule has 1 aromatic rings. The molecule has 0 saturated heterocycles. The molecule has 3 N–H and O–H groups in total. The highest BCUT2D eigenvalue weighted by Gasteiger charge is 2.09. The summed E-state index contributed by atoms with van der Waals surface area (Å²) in [5.74, 6) is 5.43. The van der Waals surface area contributed by atoms with Gasteiger partial charge in [0.1, 0.15) is 5.75 Å². The minimum Gasteiger partial charge on any atom is -0.496 e. The van der Waals surface area contributed by atoms with Crippen LogP contribution in [0.3, 0.4) is 0 Å². The van der Waals surface area contributed by atoms with Gasteiger partial charge < -0.3 is 9.47 Å². The topological polar surface area (TPSA) is 73.6 Å². The maximum absolute atomic E-state index is 11.2. The number of carbonyl (C=O) groups excluding carboxylic acids is 1. The van der Waals surface area contributed by atoms with E-state index in [0.717, 1.165) is 5.56 Å². The standard InChI is InChI=1S/C10H14N2O3.2ClH/c1-14-9-5-7(10(13)15-2)3-4-8(9)6-12-11;;/h3-5,12H,6,11H2,1-2H3;2*1H. The second kappa shape index (κ2) is 9.07. The van der Waals surface area contributed by atoms with Gasteiger partial charge in [-0.3, -0.25) is 11.3 Å².